The predicted molar refractivity (Wildman–Crippen MR) is 81.6 cm³/mol. The molecule has 1 aromatic heterocycles. The third-order valence-corrected chi connectivity index (χ3v) is 3.71. The van der Waals surface area contributed by atoms with Crippen LogP contribution in [-0.2, 0) is 6.42 Å². The Bertz CT molecular complexity index is 674. The summed E-state index contributed by atoms with van der Waals surface area (Å²) in [6.07, 6.45) is 2.99. The van der Waals surface area contributed by atoms with Crippen molar-refractivity contribution in [2.75, 3.05) is 0 Å². The molecule has 1 heteroatoms. The lowest BCUT2D eigenvalue weighted by molar-refractivity contribution is 0.865. The van der Waals surface area contributed by atoms with Gasteiger partial charge in [-0.1, -0.05) is 56.3 Å². The highest BCUT2D eigenvalue weighted by molar-refractivity contribution is 5.82. The molecule has 0 saturated heterocycles. The number of fused-ring (bicyclic) bond motifs is 1. The minimum atomic E-state index is 0.598. The molecule has 96 valence electrons. The van der Waals surface area contributed by atoms with Gasteiger partial charge in [0.15, 0.2) is 0 Å². The number of aromatic nitrogens is 1. The number of rotatable bonds is 3. The van der Waals surface area contributed by atoms with Crippen molar-refractivity contribution in [3.05, 3.63) is 71.4 Å². The molecule has 0 saturated carbocycles. The topological polar surface area (TPSA) is 15.8 Å². The molecule has 2 aromatic carbocycles. The Kier molecular flexibility index (Phi) is 3.12. The van der Waals surface area contributed by atoms with E-state index < -0.39 is 0 Å². The molecule has 0 atom stereocenters. The Labute approximate surface area is 114 Å². The van der Waals surface area contributed by atoms with Crippen LogP contribution >= 0.6 is 0 Å². The standard InChI is InChI=1S/C18H19N/c1-13(2)15-8-6-14(7-9-15)12-17-5-3-4-16-10-11-19-18(16)17/h3-11,13,19H,12H2,1-2H3. The number of H-pyrrole nitrogens is 1. The van der Waals surface area contributed by atoms with E-state index in [0.29, 0.717) is 5.92 Å². The van der Waals surface area contributed by atoms with Crippen LogP contribution in [0.5, 0.6) is 0 Å². The first kappa shape index (κ1) is 12.0. The average molecular weight is 249 g/mol. The lowest BCUT2D eigenvalue weighted by Gasteiger charge is -2.08. The molecule has 3 aromatic rings. The van der Waals surface area contributed by atoms with E-state index in [0.717, 1.165) is 6.42 Å². The maximum absolute atomic E-state index is 3.34. The highest BCUT2D eigenvalue weighted by atomic mass is 14.7. The van der Waals surface area contributed by atoms with Crippen molar-refractivity contribution in [3.8, 4) is 0 Å². The predicted octanol–water partition coefficient (Wildman–Crippen LogP) is 4.88. The van der Waals surface area contributed by atoms with E-state index in [1.54, 1.807) is 0 Å². The van der Waals surface area contributed by atoms with Crippen molar-refractivity contribution in [2.45, 2.75) is 26.2 Å². The van der Waals surface area contributed by atoms with Crippen LogP contribution in [-0.4, -0.2) is 4.98 Å². The summed E-state index contributed by atoms with van der Waals surface area (Å²) >= 11 is 0. The van der Waals surface area contributed by atoms with Gasteiger partial charge in [-0.3, -0.25) is 0 Å². The Balaban J connectivity index is 1.90. The Hall–Kier alpha value is -2.02. The van der Waals surface area contributed by atoms with Gasteiger partial charge in [-0.25, -0.2) is 0 Å². The van der Waals surface area contributed by atoms with Crippen molar-refractivity contribution >= 4 is 10.9 Å². The maximum Gasteiger partial charge on any atom is 0.0489 e. The molecule has 0 spiro atoms. The van der Waals surface area contributed by atoms with Gasteiger partial charge < -0.3 is 4.98 Å². The summed E-state index contributed by atoms with van der Waals surface area (Å²) in [5.74, 6) is 0.598. The zero-order valence-electron chi connectivity index (χ0n) is 11.5. The van der Waals surface area contributed by atoms with Crippen molar-refractivity contribution in [2.24, 2.45) is 0 Å². The molecule has 0 aliphatic rings. The second-order valence-corrected chi connectivity index (χ2v) is 5.43. The van der Waals surface area contributed by atoms with Crippen molar-refractivity contribution < 1.29 is 0 Å². The molecule has 0 bridgehead atoms. The number of benzene rings is 2. The van der Waals surface area contributed by atoms with E-state index in [9.17, 15) is 0 Å². The van der Waals surface area contributed by atoms with Gasteiger partial charge in [-0.2, -0.15) is 0 Å². The van der Waals surface area contributed by atoms with Crippen LogP contribution in [0.3, 0.4) is 0 Å². The number of para-hydroxylation sites is 1. The van der Waals surface area contributed by atoms with Crippen LogP contribution in [0.1, 0.15) is 36.5 Å². The number of aromatic amines is 1. The second kappa shape index (κ2) is 4.93. The highest BCUT2D eigenvalue weighted by Crippen LogP contribution is 2.21. The maximum atomic E-state index is 3.34. The molecule has 0 unspecified atom stereocenters. The second-order valence-electron chi connectivity index (χ2n) is 5.43. The highest BCUT2D eigenvalue weighted by Gasteiger charge is 2.04. The van der Waals surface area contributed by atoms with Crippen LogP contribution in [0.25, 0.3) is 10.9 Å². The van der Waals surface area contributed by atoms with Crippen LogP contribution in [0.4, 0.5) is 0 Å². The summed E-state index contributed by atoms with van der Waals surface area (Å²) in [5, 5.41) is 1.29. The fourth-order valence-corrected chi connectivity index (χ4v) is 2.54. The molecule has 0 radical (unpaired) electrons. The zero-order chi connectivity index (χ0) is 13.2. The lowest BCUT2D eigenvalue weighted by atomic mass is 9.98. The third-order valence-electron chi connectivity index (χ3n) is 3.71. The zero-order valence-corrected chi connectivity index (χ0v) is 11.5. The van der Waals surface area contributed by atoms with Crippen LogP contribution in [0, 0.1) is 0 Å². The lowest BCUT2D eigenvalue weighted by Crippen LogP contribution is -1.92. The summed E-state index contributed by atoms with van der Waals surface area (Å²) in [6.45, 7) is 4.46. The molecular weight excluding hydrogens is 230 g/mol. The first-order chi connectivity index (χ1) is 9.24. The fraction of sp³-hybridized carbons (Fsp3) is 0.222. The van der Waals surface area contributed by atoms with Crippen molar-refractivity contribution in [1.82, 2.24) is 4.98 Å². The van der Waals surface area contributed by atoms with E-state index >= 15 is 0 Å². The minimum absolute atomic E-state index is 0.598. The van der Waals surface area contributed by atoms with Gasteiger partial charge in [-0.15, -0.1) is 0 Å². The van der Waals surface area contributed by atoms with E-state index in [1.807, 2.05) is 6.20 Å². The van der Waals surface area contributed by atoms with E-state index in [2.05, 4.69) is 67.4 Å². The van der Waals surface area contributed by atoms with E-state index in [-0.39, 0.29) is 0 Å². The Morgan fingerprint density at radius 2 is 1.74 bits per heavy atom. The summed E-state index contributed by atoms with van der Waals surface area (Å²) in [4.78, 5) is 3.34. The van der Waals surface area contributed by atoms with E-state index in [1.165, 1.54) is 27.6 Å². The minimum Gasteiger partial charge on any atom is -0.361 e. The normalized spacial score (nSPS) is 11.3. The first-order valence-corrected chi connectivity index (χ1v) is 6.88. The SMILES string of the molecule is CC(C)c1ccc(Cc2cccc3cc[nH]c23)cc1. The number of nitrogens with one attached hydrogen (secondary N) is 1. The van der Waals surface area contributed by atoms with Crippen LogP contribution in [0.2, 0.25) is 0 Å². The van der Waals surface area contributed by atoms with Crippen LogP contribution in [0.15, 0.2) is 54.7 Å². The smallest absolute Gasteiger partial charge is 0.0489 e. The molecule has 1 nitrogen and oxygen atoms in total. The molecule has 0 fully saturated rings. The van der Waals surface area contributed by atoms with Crippen LogP contribution < -0.4 is 0 Å². The average Bonchev–Trinajstić information content (AvgIpc) is 2.89. The van der Waals surface area contributed by atoms with Gasteiger partial charge in [0.05, 0.1) is 0 Å². The third kappa shape index (κ3) is 2.41. The summed E-state index contributed by atoms with van der Waals surface area (Å²) in [6, 6.07) is 17.6. The summed E-state index contributed by atoms with van der Waals surface area (Å²) in [7, 11) is 0. The van der Waals surface area contributed by atoms with Gasteiger partial charge in [0.25, 0.3) is 0 Å². The Morgan fingerprint density at radius 3 is 2.47 bits per heavy atom. The molecule has 0 amide bonds. The van der Waals surface area contributed by atoms with Crippen molar-refractivity contribution in [3.63, 3.8) is 0 Å². The quantitative estimate of drug-likeness (QED) is 0.680. The monoisotopic (exact) mass is 249 g/mol. The molecule has 0 aliphatic carbocycles. The number of hydrogen-bond acceptors (Lipinski definition) is 0. The van der Waals surface area contributed by atoms with Gasteiger partial charge in [-0.05, 0) is 40.5 Å². The van der Waals surface area contributed by atoms with Crippen molar-refractivity contribution in [1.29, 1.82) is 0 Å². The summed E-state index contributed by atoms with van der Waals surface area (Å²) in [5.41, 5.74) is 5.39. The molecule has 19 heavy (non-hydrogen) atoms. The van der Waals surface area contributed by atoms with Gasteiger partial charge in [0, 0.05) is 11.7 Å². The van der Waals surface area contributed by atoms with Gasteiger partial charge in [0.1, 0.15) is 0 Å². The van der Waals surface area contributed by atoms with Gasteiger partial charge in [0.2, 0.25) is 0 Å². The molecule has 0 aliphatic heterocycles. The van der Waals surface area contributed by atoms with Gasteiger partial charge >= 0.3 is 0 Å². The number of hydrogen-bond donors (Lipinski definition) is 1. The Morgan fingerprint density at radius 1 is 0.947 bits per heavy atom. The molecule has 1 heterocycles. The molecule has 3 rings (SSSR count). The fourth-order valence-electron chi connectivity index (χ4n) is 2.54. The first-order valence-electron chi connectivity index (χ1n) is 6.88. The summed E-state index contributed by atoms with van der Waals surface area (Å²) < 4.78 is 0. The largest absolute Gasteiger partial charge is 0.361 e. The molecular formula is C18H19N. The van der Waals surface area contributed by atoms with E-state index in [4.69, 9.17) is 0 Å². The molecule has 1 N–H and O–H groups in total.